The highest BCUT2D eigenvalue weighted by molar-refractivity contribution is 5.01. The fraction of sp³-hybridized carbons (Fsp3) is 0.636. The van der Waals surface area contributed by atoms with E-state index in [1.807, 2.05) is 19.9 Å². The van der Waals surface area contributed by atoms with Crippen LogP contribution in [0.2, 0.25) is 0 Å². The summed E-state index contributed by atoms with van der Waals surface area (Å²) in [6, 6.07) is 1.85. The van der Waals surface area contributed by atoms with Crippen molar-refractivity contribution in [1.29, 1.82) is 0 Å². The van der Waals surface area contributed by atoms with Gasteiger partial charge < -0.3 is 10.4 Å². The largest absolute Gasteiger partial charge is 0.389 e. The summed E-state index contributed by atoms with van der Waals surface area (Å²) in [5, 5.41) is 13.2. The highest BCUT2D eigenvalue weighted by Gasteiger charge is 2.34. The Hall–Kier alpha value is -1.00. The van der Waals surface area contributed by atoms with Crippen LogP contribution in [-0.4, -0.2) is 26.2 Å². The number of aromatic nitrogens is 2. The van der Waals surface area contributed by atoms with Gasteiger partial charge in [-0.3, -0.25) is 0 Å². The molecule has 0 aromatic carbocycles. The minimum absolute atomic E-state index is 0.363. The lowest BCUT2D eigenvalue weighted by atomic mass is 9.86. The molecule has 0 atom stereocenters. The van der Waals surface area contributed by atoms with E-state index in [1.165, 1.54) is 6.33 Å². The molecule has 0 radical (unpaired) electrons. The van der Waals surface area contributed by atoms with Crippen molar-refractivity contribution < 1.29 is 5.11 Å². The van der Waals surface area contributed by atoms with Gasteiger partial charge in [-0.2, -0.15) is 0 Å². The van der Waals surface area contributed by atoms with Gasteiger partial charge in [-0.1, -0.05) is 0 Å². The van der Waals surface area contributed by atoms with Crippen LogP contribution in [0.1, 0.15) is 33.4 Å². The maximum Gasteiger partial charge on any atom is 0.115 e. The van der Waals surface area contributed by atoms with Crippen molar-refractivity contribution in [2.45, 2.75) is 45.4 Å². The first-order valence-electron chi connectivity index (χ1n) is 5.05. The molecule has 1 heterocycles. The molecular weight excluding hydrogens is 190 g/mol. The predicted molar refractivity (Wildman–Crippen MR) is 59.2 cm³/mol. The Kier molecular flexibility index (Phi) is 3.42. The molecule has 0 fully saturated rings. The average Bonchev–Trinajstić information content (AvgIpc) is 2.15. The van der Waals surface area contributed by atoms with Gasteiger partial charge >= 0.3 is 0 Å². The van der Waals surface area contributed by atoms with Crippen LogP contribution in [0.5, 0.6) is 0 Å². The topological polar surface area (TPSA) is 58.0 Å². The summed E-state index contributed by atoms with van der Waals surface area (Å²) < 4.78 is 0. The van der Waals surface area contributed by atoms with Crippen molar-refractivity contribution in [3.05, 3.63) is 24.3 Å². The van der Waals surface area contributed by atoms with Gasteiger partial charge in [0, 0.05) is 18.3 Å². The second-order valence-corrected chi connectivity index (χ2v) is 4.74. The summed E-state index contributed by atoms with van der Waals surface area (Å²) in [6.45, 7) is 8.14. The molecule has 0 spiro atoms. The van der Waals surface area contributed by atoms with Crippen molar-refractivity contribution in [3.8, 4) is 0 Å². The highest BCUT2D eigenvalue weighted by atomic mass is 16.3. The van der Waals surface area contributed by atoms with Crippen molar-refractivity contribution in [2.75, 3.05) is 0 Å². The maximum atomic E-state index is 9.93. The van der Waals surface area contributed by atoms with Gasteiger partial charge in [0.25, 0.3) is 0 Å². The zero-order valence-corrected chi connectivity index (χ0v) is 9.78. The first kappa shape index (κ1) is 12.1. The quantitative estimate of drug-likeness (QED) is 0.780. The van der Waals surface area contributed by atoms with E-state index in [-0.39, 0.29) is 5.54 Å². The van der Waals surface area contributed by atoms with Crippen molar-refractivity contribution in [2.24, 2.45) is 0 Å². The Labute approximate surface area is 90.8 Å². The van der Waals surface area contributed by atoms with Crippen LogP contribution in [0.4, 0.5) is 0 Å². The summed E-state index contributed by atoms with van der Waals surface area (Å²) in [6.07, 6.45) is 3.23. The van der Waals surface area contributed by atoms with E-state index in [2.05, 4.69) is 15.3 Å². The van der Waals surface area contributed by atoms with Crippen LogP contribution in [0.25, 0.3) is 0 Å². The van der Waals surface area contributed by atoms with Crippen molar-refractivity contribution in [3.63, 3.8) is 0 Å². The fourth-order valence-electron chi connectivity index (χ4n) is 0.950. The lowest BCUT2D eigenvalue weighted by molar-refractivity contribution is -0.00545. The number of nitrogens with one attached hydrogen (secondary N) is 1. The molecule has 4 nitrogen and oxygen atoms in total. The van der Waals surface area contributed by atoms with Gasteiger partial charge in [0.15, 0.2) is 0 Å². The predicted octanol–water partition coefficient (Wildman–Crippen LogP) is 1.12. The Morgan fingerprint density at radius 1 is 1.33 bits per heavy atom. The number of nitrogens with zero attached hydrogens (tertiary/aromatic N) is 2. The van der Waals surface area contributed by atoms with E-state index in [9.17, 15) is 5.11 Å². The molecule has 0 aliphatic rings. The zero-order valence-electron chi connectivity index (χ0n) is 9.78. The van der Waals surface area contributed by atoms with E-state index in [0.717, 1.165) is 5.69 Å². The molecule has 1 aromatic rings. The lowest BCUT2D eigenvalue weighted by Gasteiger charge is -2.38. The SMILES string of the molecule is CC(C)(O)C(C)(C)NCc1ccncn1. The summed E-state index contributed by atoms with van der Waals surface area (Å²) in [5.41, 5.74) is -0.222. The molecule has 1 aromatic heterocycles. The van der Waals surface area contributed by atoms with Crippen molar-refractivity contribution >= 4 is 0 Å². The molecule has 0 saturated carbocycles. The summed E-state index contributed by atoms with van der Waals surface area (Å²) in [7, 11) is 0. The lowest BCUT2D eigenvalue weighted by Crippen LogP contribution is -2.55. The van der Waals surface area contributed by atoms with E-state index in [1.54, 1.807) is 20.0 Å². The van der Waals surface area contributed by atoms with E-state index in [4.69, 9.17) is 0 Å². The third-order valence-corrected chi connectivity index (χ3v) is 2.88. The van der Waals surface area contributed by atoms with Crippen LogP contribution in [-0.2, 0) is 6.54 Å². The van der Waals surface area contributed by atoms with Crippen LogP contribution in [0, 0.1) is 0 Å². The zero-order chi connectivity index (χ0) is 11.5. The summed E-state index contributed by atoms with van der Waals surface area (Å²) in [5.74, 6) is 0. The molecule has 0 bridgehead atoms. The molecule has 0 saturated heterocycles. The molecule has 0 aliphatic carbocycles. The molecule has 84 valence electrons. The van der Waals surface area contributed by atoms with Crippen LogP contribution in [0.3, 0.4) is 0 Å². The first-order valence-corrected chi connectivity index (χ1v) is 5.05. The first-order chi connectivity index (χ1) is 6.83. The van der Waals surface area contributed by atoms with E-state index < -0.39 is 5.60 Å². The maximum absolute atomic E-state index is 9.93. The van der Waals surface area contributed by atoms with Crippen molar-refractivity contribution in [1.82, 2.24) is 15.3 Å². The summed E-state index contributed by atoms with van der Waals surface area (Å²) in [4.78, 5) is 7.96. The second-order valence-electron chi connectivity index (χ2n) is 4.74. The number of aliphatic hydroxyl groups is 1. The Bertz CT molecular complexity index is 303. The Morgan fingerprint density at radius 3 is 2.47 bits per heavy atom. The third-order valence-electron chi connectivity index (χ3n) is 2.88. The second kappa shape index (κ2) is 4.24. The average molecular weight is 209 g/mol. The van der Waals surface area contributed by atoms with Gasteiger partial charge in [-0.25, -0.2) is 9.97 Å². The molecule has 0 unspecified atom stereocenters. The minimum atomic E-state index is -0.778. The third kappa shape index (κ3) is 3.25. The van der Waals surface area contributed by atoms with Gasteiger partial charge in [-0.15, -0.1) is 0 Å². The van der Waals surface area contributed by atoms with Crippen LogP contribution in [0.15, 0.2) is 18.6 Å². The van der Waals surface area contributed by atoms with E-state index in [0.29, 0.717) is 6.54 Å². The molecule has 2 N–H and O–H groups in total. The fourth-order valence-corrected chi connectivity index (χ4v) is 0.950. The molecule has 0 aliphatic heterocycles. The smallest absolute Gasteiger partial charge is 0.115 e. The van der Waals surface area contributed by atoms with Crippen LogP contribution >= 0.6 is 0 Å². The normalized spacial score (nSPS) is 12.9. The molecule has 0 amide bonds. The van der Waals surface area contributed by atoms with Gasteiger partial charge in [-0.05, 0) is 33.8 Å². The summed E-state index contributed by atoms with van der Waals surface area (Å²) >= 11 is 0. The number of hydrogen-bond donors (Lipinski definition) is 2. The van der Waals surface area contributed by atoms with Gasteiger partial charge in [0.2, 0.25) is 0 Å². The minimum Gasteiger partial charge on any atom is -0.389 e. The monoisotopic (exact) mass is 209 g/mol. The Morgan fingerprint density at radius 2 is 2.00 bits per heavy atom. The van der Waals surface area contributed by atoms with Gasteiger partial charge in [0.05, 0.1) is 11.3 Å². The Balaban J connectivity index is 2.58. The van der Waals surface area contributed by atoms with Crippen LogP contribution < -0.4 is 5.32 Å². The standard InChI is InChI=1S/C11H19N3O/c1-10(2,11(3,4)15)14-7-9-5-6-12-8-13-9/h5-6,8,14-15H,7H2,1-4H3. The molecule has 4 heteroatoms. The van der Waals surface area contributed by atoms with Gasteiger partial charge in [0.1, 0.15) is 6.33 Å². The highest BCUT2D eigenvalue weighted by Crippen LogP contribution is 2.20. The molecular formula is C11H19N3O. The molecule has 1 rings (SSSR count). The molecule has 15 heavy (non-hydrogen) atoms. The van der Waals surface area contributed by atoms with E-state index >= 15 is 0 Å². The number of rotatable bonds is 4. The number of hydrogen-bond acceptors (Lipinski definition) is 4.